The molecule has 1 aromatic rings. The van der Waals surface area contributed by atoms with E-state index in [2.05, 4.69) is 15.6 Å². The summed E-state index contributed by atoms with van der Waals surface area (Å²) in [6.45, 7) is -0.287. The van der Waals surface area contributed by atoms with Crippen LogP contribution in [0.1, 0.15) is 12.8 Å². The number of alkyl halides is 1. The molecule has 0 fully saturated rings. The standard InChI is InChI=1S/C8H11ClN4O3/c9-3-1-2-7(14)10-6-4-13(12-11-6)5-8(15)16/h4H,1-3,5H2,(H,10,14)(H,15,16). The third-order valence-corrected chi connectivity index (χ3v) is 1.91. The lowest BCUT2D eigenvalue weighted by atomic mass is 10.3. The Hall–Kier alpha value is -1.63. The van der Waals surface area contributed by atoms with Crippen molar-refractivity contribution in [3.63, 3.8) is 0 Å². The Morgan fingerprint density at radius 1 is 1.56 bits per heavy atom. The number of aromatic nitrogens is 3. The van der Waals surface area contributed by atoms with Gasteiger partial charge in [0.1, 0.15) is 6.54 Å². The molecule has 0 aliphatic heterocycles. The first-order valence-corrected chi connectivity index (χ1v) is 5.13. The van der Waals surface area contributed by atoms with Crippen molar-refractivity contribution in [1.82, 2.24) is 15.0 Å². The molecule has 0 atom stereocenters. The van der Waals surface area contributed by atoms with Gasteiger partial charge in [-0.25, -0.2) is 4.68 Å². The molecular formula is C8H11ClN4O3. The van der Waals surface area contributed by atoms with E-state index in [9.17, 15) is 9.59 Å². The molecule has 8 heteroatoms. The van der Waals surface area contributed by atoms with Crippen molar-refractivity contribution < 1.29 is 14.7 Å². The number of amides is 1. The zero-order chi connectivity index (χ0) is 12.0. The van der Waals surface area contributed by atoms with Gasteiger partial charge < -0.3 is 10.4 Å². The van der Waals surface area contributed by atoms with Gasteiger partial charge in [0.15, 0.2) is 5.82 Å². The van der Waals surface area contributed by atoms with Crippen LogP contribution in [0.5, 0.6) is 0 Å². The molecule has 1 heterocycles. The maximum atomic E-state index is 11.2. The van der Waals surface area contributed by atoms with Crippen LogP contribution in [-0.2, 0) is 16.1 Å². The highest BCUT2D eigenvalue weighted by atomic mass is 35.5. The Labute approximate surface area is 96.4 Å². The molecule has 0 spiro atoms. The Bertz CT molecular complexity index is 379. The molecule has 0 saturated carbocycles. The molecule has 0 saturated heterocycles. The predicted octanol–water partition coefficient (Wildman–Crippen LogP) is 0.320. The van der Waals surface area contributed by atoms with Crippen molar-refractivity contribution in [2.24, 2.45) is 0 Å². The molecule has 0 aliphatic carbocycles. The first-order valence-electron chi connectivity index (χ1n) is 4.59. The Morgan fingerprint density at radius 2 is 2.31 bits per heavy atom. The fourth-order valence-corrected chi connectivity index (χ4v) is 1.14. The van der Waals surface area contributed by atoms with E-state index in [1.54, 1.807) is 0 Å². The lowest BCUT2D eigenvalue weighted by molar-refractivity contribution is -0.137. The van der Waals surface area contributed by atoms with Gasteiger partial charge >= 0.3 is 5.97 Å². The Balaban J connectivity index is 2.45. The molecule has 0 unspecified atom stereocenters. The average molecular weight is 247 g/mol. The van der Waals surface area contributed by atoms with Crippen molar-refractivity contribution in [2.45, 2.75) is 19.4 Å². The number of anilines is 1. The minimum absolute atomic E-state index is 0.219. The molecule has 1 aromatic heterocycles. The average Bonchev–Trinajstić information content (AvgIpc) is 2.61. The minimum atomic E-state index is -1.02. The fourth-order valence-electron chi connectivity index (χ4n) is 1.00. The maximum absolute atomic E-state index is 11.2. The van der Waals surface area contributed by atoms with Crippen LogP contribution in [0.3, 0.4) is 0 Å². The molecule has 0 aromatic carbocycles. The number of hydrogen-bond acceptors (Lipinski definition) is 4. The van der Waals surface area contributed by atoms with Crippen LogP contribution in [0.4, 0.5) is 5.82 Å². The maximum Gasteiger partial charge on any atom is 0.325 e. The monoisotopic (exact) mass is 246 g/mol. The van der Waals surface area contributed by atoms with Crippen molar-refractivity contribution in [3.05, 3.63) is 6.20 Å². The number of nitrogens with zero attached hydrogens (tertiary/aromatic N) is 3. The van der Waals surface area contributed by atoms with E-state index >= 15 is 0 Å². The second-order valence-corrected chi connectivity index (χ2v) is 3.41. The van der Waals surface area contributed by atoms with E-state index in [1.807, 2.05) is 0 Å². The molecule has 0 aliphatic rings. The fraction of sp³-hybridized carbons (Fsp3) is 0.500. The largest absolute Gasteiger partial charge is 0.480 e. The lowest BCUT2D eigenvalue weighted by Gasteiger charge is -1.98. The van der Waals surface area contributed by atoms with Crippen molar-refractivity contribution in [3.8, 4) is 0 Å². The molecule has 2 N–H and O–H groups in total. The number of aliphatic carboxylic acids is 1. The third-order valence-electron chi connectivity index (χ3n) is 1.64. The van der Waals surface area contributed by atoms with Gasteiger partial charge in [0.25, 0.3) is 0 Å². The Morgan fingerprint density at radius 3 is 2.94 bits per heavy atom. The van der Waals surface area contributed by atoms with E-state index in [4.69, 9.17) is 16.7 Å². The summed E-state index contributed by atoms with van der Waals surface area (Å²) < 4.78 is 1.12. The first kappa shape index (κ1) is 12.4. The van der Waals surface area contributed by atoms with Crippen LogP contribution in [0, 0.1) is 0 Å². The van der Waals surface area contributed by atoms with E-state index in [0.717, 1.165) is 4.68 Å². The van der Waals surface area contributed by atoms with Gasteiger partial charge in [-0.05, 0) is 6.42 Å². The molecule has 88 valence electrons. The number of carboxylic acid groups (broad SMARTS) is 1. The van der Waals surface area contributed by atoms with Crippen molar-refractivity contribution in [2.75, 3.05) is 11.2 Å². The summed E-state index contributed by atoms with van der Waals surface area (Å²) in [4.78, 5) is 21.6. The van der Waals surface area contributed by atoms with Gasteiger partial charge in [-0.15, -0.1) is 16.7 Å². The van der Waals surface area contributed by atoms with Crippen LogP contribution in [-0.4, -0.2) is 37.9 Å². The topological polar surface area (TPSA) is 97.1 Å². The van der Waals surface area contributed by atoms with Crippen LogP contribution >= 0.6 is 11.6 Å². The summed E-state index contributed by atoms with van der Waals surface area (Å²) in [5.41, 5.74) is 0. The summed E-state index contributed by atoms with van der Waals surface area (Å²) in [5, 5.41) is 18.1. The van der Waals surface area contributed by atoms with Gasteiger partial charge in [-0.2, -0.15) is 0 Å². The normalized spacial score (nSPS) is 10.1. The zero-order valence-corrected chi connectivity index (χ0v) is 9.15. The molecule has 1 rings (SSSR count). The van der Waals surface area contributed by atoms with Gasteiger partial charge in [0.2, 0.25) is 5.91 Å². The number of carbonyl (C=O) groups excluding carboxylic acids is 1. The molecule has 0 bridgehead atoms. The van der Waals surface area contributed by atoms with Crippen LogP contribution in [0.15, 0.2) is 6.20 Å². The molecule has 7 nitrogen and oxygen atoms in total. The molecular weight excluding hydrogens is 236 g/mol. The summed E-state index contributed by atoms with van der Waals surface area (Å²) in [6.07, 6.45) is 2.23. The van der Waals surface area contributed by atoms with Crippen LogP contribution < -0.4 is 5.32 Å². The number of nitrogens with one attached hydrogen (secondary N) is 1. The van der Waals surface area contributed by atoms with Crippen molar-refractivity contribution in [1.29, 1.82) is 0 Å². The number of carboxylic acids is 1. The minimum Gasteiger partial charge on any atom is -0.480 e. The first-order chi connectivity index (χ1) is 7.61. The number of carbonyl (C=O) groups is 2. The number of halogens is 1. The van der Waals surface area contributed by atoms with Gasteiger partial charge in [-0.3, -0.25) is 9.59 Å². The molecule has 1 amide bonds. The smallest absolute Gasteiger partial charge is 0.325 e. The van der Waals surface area contributed by atoms with Crippen LogP contribution in [0.25, 0.3) is 0 Å². The van der Waals surface area contributed by atoms with E-state index in [0.29, 0.717) is 18.7 Å². The van der Waals surface area contributed by atoms with E-state index in [-0.39, 0.29) is 18.3 Å². The second-order valence-electron chi connectivity index (χ2n) is 3.04. The summed E-state index contributed by atoms with van der Waals surface area (Å²) in [6, 6.07) is 0. The van der Waals surface area contributed by atoms with E-state index in [1.165, 1.54) is 6.20 Å². The number of hydrogen-bond donors (Lipinski definition) is 2. The highest BCUT2D eigenvalue weighted by Crippen LogP contribution is 2.02. The quantitative estimate of drug-likeness (QED) is 0.705. The highest BCUT2D eigenvalue weighted by Gasteiger charge is 2.07. The SMILES string of the molecule is O=C(O)Cn1cc(NC(=O)CCCCl)nn1. The van der Waals surface area contributed by atoms with Gasteiger partial charge in [0, 0.05) is 12.3 Å². The Kier molecular flexibility index (Phi) is 4.71. The van der Waals surface area contributed by atoms with Crippen molar-refractivity contribution >= 4 is 29.3 Å². The third kappa shape index (κ3) is 4.26. The van der Waals surface area contributed by atoms with E-state index < -0.39 is 5.97 Å². The molecule has 16 heavy (non-hydrogen) atoms. The number of rotatable bonds is 6. The molecule has 0 radical (unpaired) electrons. The lowest BCUT2D eigenvalue weighted by Crippen LogP contribution is -2.11. The summed E-state index contributed by atoms with van der Waals surface area (Å²) in [7, 11) is 0. The highest BCUT2D eigenvalue weighted by molar-refractivity contribution is 6.18. The van der Waals surface area contributed by atoms with Crippen LogP contribution in [0.2, 0.25) is 0 Å². The van der Waals surface area contributed by atoms with Gasteiger partial charge in [-0.1, -0.05) is 5.21 Å². The predicted molar refractivity (Wildman–Crippen MR) is 56.2 cm³/mol. The summed E-state index contributed by atoms with van der Waals surface area (Å²) in [5.74, 6) is -0.590. The zero-order valence-electron chi connectivity index (χ0n) is 8.39. The second kappa shape index (κ2) is 6.06. The van der Waals surface area contributed by atoms with Gasteiger partial charge in [0.05, 0.1) is 6.20 Å². The summed E-state index contributed by atoms with van der Waals surface area (Å²) >= 11 is 5.43.